The lowest BCUT2D eigenvalue weighted by Gasteiger charge is -2.20. The van der Waals surface area contributed by atoms with E-state index in [-0.39, 0.29) is 5.97 Å². The van der Waals surface area contributed by atoms with Crippen LogP contribution in [0.25, 0.3) is 0 Å². The van der Waals surface area contributed by atoms with E-state index in [4.69, 9.17) is 4.74 Å². The Morgan fingerprint density at radius 2 is 1.73 bits per heavy atom. The predicted octanol–water partition coefficient (Wildman–Crippen LogP) is 3.25. The monoisotopic (exact) mass is 302 g/mol. The highest BCUT2D eigenvalue weighted by Gasteiger charge is 2.03. The number of benzene rings is 1. The van der Waals surface area contributed by atoms with Gasteiger partial charge in [-0.25, -0.2) is 4.79 Å². The van der Waals surface area contributed by atoms with E-state index in [1.54, 1.807) is 12.2 Å². The highest BCUT2D eigenvalue weighted by Crippen LogP contribution is 2.18. The average Bonchev–Trinajstić information content (AvgIpc) is 2.51. The molecule has 0 heterocycles. The Kier molecular flexibility index (Phi) is 7.83. The average molecular weight is 302 g/mol. The third-order valence-corrected chi connectivity index (χ3v) is 3.22. The lowest BCUT2D eigenvalue weighted by atomic mass is 10.2. The van der Waals surface area contributed by atoms with Crippen LogP contribution >= 0.6 is 0 Å². The number of ether oxygens (including phenoxy) is 1. The summed E-state index contributed by atoms with van der Waals surface area (Å²) in [5, 5.41) is 0. The fourth-order valence-corrected chi connectivity index (χ4v) is 1.90. The summed E-state index contributed by atoms with van der Waals surface area (Å²) in [5.41, 5.74) is 2.34. The van der Waals surface area contributed by atoms with Crippen molar-refractivity contribution >= 4 is 17.3 Å². The van der Waals surface area contributed by atoms with Crippen LogP contribution in [0.3, 0.4) is 0 Å². The maximum absolute atomic E-state index is 11.4. The van der Waals surface area contributed by atoms with E-state index in [1.165, 1.54) is 11.8 Å². The first-order valence-electron chi connectivity index (χ1n) is 7.49. The van der Waals surface area contributed by atoms with Crippen LogP contribution in [0.2, 0.25) is 0 Å². The van der Waals surface area contributed by atoms with Gasteiger partial charge in [-0.05, 0) is 37.6 Å². The Morgan fingerprint density at radius 1 is 1.09 bits per heavy atom. The molecule has 0 fully saturated rings. The lowest BCUT2D eigenvalue weighted by molar-refractivity contribution is -0.137. The molecule has 0 amide bonds. The molecule has 120 valence electrons. The summed E-state index contributed by atoms with van der Waals surface area (Å²) in [6.07, 6.45) is 7.58. The van der Waals surface area contributed by atoms with Gasteiger partial charge in [0, 0.05) is 45.1 Å². The minimum atomic E-state index is -0.295. The lowest BCUT2D eigenvalue weighted by Crippen LogP contribution is -2.20. The highest BCUT2D eigenvalue weighted by molar-refractivity contribution is 5.82. The van der Waals surface area contributed by atoms with Gasteiger partial charge >= 0.3 is 5.97 Å². The molecule has 22 heavy (non-hydrogen) atoms. The second-order valence-electron chi connectivity index (χ2n) is 5.24. The molecule has 0 saturated carbocycles. The number of carbonyl (C=O) groups is 1. The summed E-state index contributed by atoms with van der Waals surface area (Å²) in [7, 11) is 6.09. The van der Waals surface area contributed by atoms with Gasteiger partial charge in [-0.15, -0.1) is 0 Å². The Morgan fingerprint density at radius 3 is 2.32 bits per heavy atom. The topological polar surface area (TPSA) is 32.8 Å². The molecule has 0 atom stereocenters. The third kappa shape index (κ3) is 6.48. The summed E-state index contributed by atoms with van der Waals surface area (Å²) in [6, 6.07) is 8.39. The van der Waals surface area contributed by atoms with E-state index in [0.29, 0.717) is 6.61 Å². The van der Waals surface area contributed by atoms with E-state index < -0.39 is 0 Å². The summed E-state index contributed by atoms with van der Waals surface area (Å²) in [5.74, 6) is -0.295. The molecule has 0 spiro atoms. The Labute approximate surface area is 133 Å². The van der Waals surface area contributed by atoms with E-state index >= 15 is 0 Å². The quantitative estimate of drug-likeness (QED) is 0.319. The van der Waals surface area contributed by atoms with Crippen LogP contribution in [0.5, 0.6) is 0 Å². The van der Waals surface area contributed by atoms with Gasteiger partial charge in [0.2, 0.25) is 0 Å². The van der Waals surface area contributed by atoms with E-state index in [1.807, 2.05) is 34.1 Å². The van der Waals surface area contributed by atoms with Crippen LogP contribution in [-0.4, -0.2) is 40.3 Å². The van der Waals surface area contributed by atoms with Crippen LogP contribution in [-0.2, 0) is 9.53 Å². The van der Waals surface area contributed by atoms with Crippen LogP contribution in [0, 0.1) is 0 Å². The molecular weight excluding hydrogens is 276 g/mol. The summed E-state index contributed by atoms with van der Waals surface area (Å²) >= 11 is 0. The first-order valence-corrected chi connectivity index (χ1v) is 7.49. The molecule has 0 radical (unpaired) electrons. The smallest absolute Gasteiger partial charge is 0.330 e. The second-order valence-corrected chi connectivity index (χ2v) is 5.24. The molecule has 4 nitrogen and oxygen atoms in total. The van der Waals surface area contributed by atoms with Crippen molar-refractivity contribution in [2.45, 2.75) is 13.3 Å². The van der Waals surface area contributed by atoms with Gasteiger partial charge in [0.25, 0.3) is 0 Å². The number of allylic oxidation sites excluding steroid dienone is 3. The Bertz CT molecular complexity index is 504. The largest absolute Gasteiger partial charge is 0.462 e. The van der Waals surface area contributed by atoms with Crippen LogP contribution in [0.15, 0.2) is 48.6 Å². The molecule has 0 saturated heterocycles. The number of nitrogens with zero attached hydrogens (tertiary/aromatic N) is 2. The van der Waals surface area contributed by atoms with Gasteiger partial charge in [0.1, 0.15) is 0 Å². The van der Waals surface area contributed by atoms with Gasteiger partial charge in [-0.1, -0.05) is 18.2 Å². The molecule has 0 aliphatic carbocycles. The van der Waals surface area contributed by atoms with Crippen LogP contribution in [0.1, 0.15) is 13.3 Å². The van der Waals surface area contributed by atoms with Crippen molar-refractivity contribution in [3.8, 4) is 0 Å². The van der Waals surface area contributed by atoms with Crippen LogP contribution < -0.4 is 9.80 Å². The molecule has 0 aromatic heterocycles. The van der Waals surface area contributed by atoms with Crippen molar-refractivity contribution in [2.24, 2.45) is 0 Å². The second kappa shape index (κ2) is 9.66. The minimum Gasteiger partial charge on any atom is -0.462 e. The Hall–Kier alpha value is -2.23. The first kappa shape index (κ1) is 17.8. The molecule has 1 aromatic rings. The number of rotatable bonds is 8. The normalized spacial score (nSPS) is 11.1. The number of anilines is 2. The Balaban J connectivity index is 2.31. The van der Waals surface area contributed by atoms with Crippen molar-refractivity contribution < 1.29 is 9.53 Å². The molecule has 1 aromatic carbocycles. The number of hydrogen-bond acceptors (Lipinski definition) is 4. The summed E-state index contributed by atoms with van der Waals surface area (Å²) < 4.78 is 5.13. The fraction of sp³-hybridized carbons (Fsp3) is 0.389. The van der Waals surface area contributed by atoms with Gasteiger partial charge in [0.15, 0.2) is 0 Å². The molecule has 0 bridgehead atoms. The van der Waals surface area contributed by atoms with E-state index in [9.17, 15) is 4.79 Å². The van der Waals surface area contributed by atoms with Crippen molar-refractivity contribution in [2.75, 3.05) is 44.1 Å². The zero-order valence-corrected chi connectivity index (χ0v) is 14.0. The maximum atomic E-state index is 11.4. The number of hydrogen-bond donors (Lipinski definition) is 0. The standard InChI is InChI=1S/C18H26N2O2/c1-5-6-7-9-18(21)22-15-8-14-20(4)17-12-10-16(11-13-17)19(2)3/h5-7,9-13H,8,14-15H2,1-4H3/b6-5+,9-7+. The van der Waals surface area contributed by atoms with E-state index in [0.717, 1.165) is 18.7 Å². The van der Waals surface area contributed by atoms with Crippen molar-refractivity contribution in [1.29, 1.82) is 0 Å². The van der Waals surface area contributed by atoms with Gasteiger partial charge < -0.3 is 14.5 Å². The van der Waals surface area contributed by atoms with Crippen molar-refractivity contribution in [3.05, 3.63) is 48.6 Å². The molecule has 1 rings (SSSR count). The van der Waals surface area contributed by atoms with Gasteiger partial charge in [-0.3, -0.25) is 0 Å². The van der Waals surface area contributed by atoms with Crippen molar-refractivity contribution in [3.63, 3.8) is 0 Å². The molecule has 0 aliphatic rings. The maximum Gasteiger partial charge on any atom is 0.330 e. The van der Waals surface area contributed by atoms with Gasteiger partial charge in [0.05, 0.1) is 6.61 Å². The fourth-order valence-electron chi connectivity index (χ4n) is 1.90. The van der Waals surface area contributed by atoms with Gasteiger partial charge in [-0.2, -0.15) is 0 Å². The molecule has 0 unspecified atom stereocenters. The zero-order chi connectivity index (χ0) is 16.4. The summed E-state index contributed by atoms with van der Waals surface area (Å²) in [4.78, 5) is 15.6. The molecule has 4 heteroatoms. The molecule has 0 N–H and O–H groups in total. The van der Waals surface area contributed by atoms with E-state index in [2.05, 4.69) is 34.1 Å². The van der Waals surface area contributed by atoms with Crippen LogP contribution in [0.4, 0.5) is 11.4 Å². The minimum absolute atomic E-state index is 0.295. The molecule has 0 aliphatic heterocycles. The number of esters is 1. The highest BCUT2D eigenvalue weighted by atomic mass is 16.5. The van der Waals surface area contributed by atoms with Crippen molar-refractivity contribution in [1.82, 2.24) is 0 Å². The predicted molar refractivity (Wildman–Crippen MR) is 93.6 cm³/mol. The SMILES string of the molecule is C/C=C/C=C/C(=O)OCCCN(C)c1ccc(N(C)C)cc1. The summed E-state index contributed by atoms with van der Waals surface area (Å²) in [6.45, 7) is 3.17. The zero-order valence-electron chi connectivity index (χ0n) is 14.0. The molecular formula is C18H26N2O2. The number of carbonyl (C=O) groups excluding carboxylic acids is 1. The first-order chi connectivity index (χ1) is 10.5. The third-order valence-electron chi connectivity index (χ3n) is 3.22.